The second-order valence-electron chi connectivity index (χ2n) is 17.2. The number of aromatic hydroxyl groups is 3. The number of carbonyl (C=O) groups excluding carboxylic acids is 4. The van der Waals surface area contributed by atoms with Gasteiger partial charge in [0, 0.05) is 41.7 Å². The molecule has 15 heteroatoms. The predicted octanol–water partition coefficient (Wildman–Crippen LogP) is 5.94. The fourth-order valence-corrected chi connectivity index (χ4v) is 7.92. The molecule has 5 N–H and O–H groups in total. The van der Waals surface area contributed by atoms with E-state index in [0.29, 0.717) is 25.9 Å². The van der Waals surface area contributed by atoms with Crippen molar-refractivity contribution in [3.63, 3.8) is 0 Å². The zero-order chi connectivity index (χ0) is 43.8. The highest BCUT2D eigenvalue weighted by atomic mass is 35.5. The molecule has 0 saturated carbocycles. The van der Waals surface area contributed by atoms with E-state index in [4.69, 9.17) is 9.47 Å². The second kappa shape index (κ2) is 20.8. The molecule has 2 amide bonds. The van der Waals surface area contributed by atoms with E-state index < -0.39 is 34.9 Å². The minimum absolute atomic E-state index is 0. The molecule has 0 aromatic heterocycles. The van der Waals surface area contributed by atoms with Gasteiger partial charge >= 0.3 is 17.9 Å². The molecule has 0 spiro atoms. The quantitative estimate of drug-likeness (QED) is 0.183. The molecule has 0 aliphatic carbocycles. The van der Waals surface area contributed by atoms with Gasteiger partial charge in [-0.05, 0) is 78.9 Å². The normalized spacial score (nSPS) is 22.3. The Labute approximate surface area is 358 Å². The Balaban J connectivity index is 0.000000241. The number of aliphatic carboxylic acids is 1. The molecule has 3 aliphatic heterocycles. The molecule has 14 nitrogen and oxygen atoms in total. The second-order valence-corrected chi connectivity index (χ2v) is 17.2. The van der Waals surface area contributed by atoms with Crippen molar-refractivity contribution in [2.45, 2.75) is 96.7 Å². The van der Waals surface area contributed by atoms with Crippen molar-refractivity contribution >= 4 is 42.1 Å². The van der Waals surface area contributed by atoms with Crippen LogP contribution >= 0.6 is 12.4 Å². The number of phenols is 3. The van der Waals surface area contributed by atoms with Crippen LogP contribution < -0.4 is 5.32 Å². The summed E-state index contributed by atoms with van der Waals surface area (Å²) < 4.78 is 9.68. The Kier molecular flexibility index (Phi) is 17.0. The Morgan fingerprint density at radius 1 is 0.567 bits per heavy atom. The van der Waals surface area contributed by atoms with Crippen molar-refractivity contribution in [1.82, 2.24) is 15.1 Å². The molecule has 0 bridgehead atoms. The summed E-state index contributed by atoms with van der Waals surface area (Å²) in [4.78, 5) is 63.6. The number of rotatable bonds is 6. The smallest absolute Gasteiger partial charge is 0.329 e. The number of hydrogen-bond acceptors (Lipinski definition) is 11. The number of amides is 2. The third kappa shape index (κ3) is 11.9. The predicted molar refractivity (Wildman–Crippen MR) is 227 cm³/mol. The maximum atomic E-state index is 12.6. The number of nitrogens with one attached hydrogen (secondary N) is 1. The van der Waals surface area contributed by atoms with Crippen molar-refractivity contribution in [3.8, 4) is 17.2 Å². The minimum Gasteiger partial charge on any atom is -0.508 e. The van der Waals surface area contributed by atoms with E-state index in [1.807, 2.05) is 32.9 Å². The number of phenolic OH excluding ortho intramolecular Hbond substituents is 3. The maximum absolute atomic E-state index is 12.6. The lowest BCUT2D eigenvalue weighted by Crippen LogP contribution is -2.47. The van der Waals surface area contributed by atoms with E-state index in [1.54, 1.807) is 86.3 Å². The first-order valence-corrected chi connectivity index (χ1v) is 19.8. The lowest BCUT2D eigenvalue weighted by molar-refractivity contribution is -0.154. The number of carboxylic acids is 1. The zero-order valence-corrected chi connectivity index (χ0v) is 36.4. The van der Waals surface area contributed by atoms with Crippen LogP contribution in [0, 0.1) is 10.8 Å². The fraction of sp³-hybridized carbons (Fsp3) is 0.489. The molecule has 3 aliphatic rings. The Hall–Kier alpha value is -5.34. The summed E-state index contributed by atoms with van der Waals surface area (Å²) in [5, 5.41) is 40.6. The lowest BCUT2D eigenvalue weighted by Gasteiger charge is -2.31. The molecule has 0 radical (unpaired) electrons. The van der Waals surface area contributed by atoms with E-state index >= 15 is 0 Å². The maximum Gasteiger partial charge on any atom is 0.329 e. The van der Waals surface area contributed by atoms with Gasteiger partial charge in [-0.25, -0.2) is 9.59 Å². The summed E-state index contributed by atoms with van der Waals surface area (Å²) in [6, 6.07) is 18.6. The highest BCUT2D eigenvalue weighted by Crippen LogP contribution is 2.38. The van der Waals surface area contributed by atoms with Crippen LogP contribution in [0.4, 0.5) is 0 Å². The highest BCUT2D eigenvalue weighted by Gasteiger charge is 2.46. The van der Waals surface area contributed by atoms with Gasteiger partial charge in [-0.1, -0.05) is 77.9 Å². The van der Waals surface area contributed by atoms with Crippen LogP contribution in [0.15, 0.2) is 72.8 Å². The van der Waals surface area contributed by atoms with Gasteiger partial charge in [0.05, 0.1) is 14.2 Å². The number of ether oxygens (including phenoxy) is 2. The Bertz CT molecular complexity index is 1930. The van der Waals surface area contributed by atoms with Crippen molar-refractivity contribution in [2.75, 3.05) is 33.9 Å². The van der Waals surface area contributed by atoms with Gasteiger partial charge in [-0.2, -0.15) is 0 Å². The van der Waals surface area contributed by atoms with Gasteiger partial charge in [0.15, 0.2) is 0 Å². The molecule has 60 heavy (non-hydrogen) atoms. The van der Waals surface area contributed by atoms with E-state index in [1.165, 1.54) is 19.1 Å². The highest BCUT2D eigenvalue weighted by molar-refractivity contribution is 5.89. The molecule has 3 aromatic carbocycles. The molecule has 6 rings (SSSR count). The standard InChI is InChI=1S/C17H23NO4.C16H21NO4.C12H15NO3.ClH/c1-17(2,3)16(21)18-10-9-13(14(18)15(20)22-4)11-5-7-12(19)8-6-11;1-16(2,3)15(21)17-9-8-12(13(17)14(19)20)10-4-6-11(18)7-5-10;1-16-12(15)11-10(6-7-13-11)8-2-4-9(14)5-3-8;/h5-8,13-14,19H,9-10H2,1-4H3;4-7,12-13,18H,8-9H2,1-3H3,(H,19,20);2-5,10-11,13-14H,6-7H2,1H3;1H. The molecule has 3 fully saturated rings. The van der Waals surface area contributed by atoms with Gasteiger partial charge in [-0.3, -0.25) is 14.4 Å². The summed E-state index contributed by atoms with van der Waals surface area (Å²) in [5.74, 6) is -1.45. The summed E-state index contributed by atoms with van der Waals surface area (Å²) >= 11 is 0. The first-order valence-electron chi connectivity index (χ1n) is 19.8. The molecule has 3 aromatic rings. The molecule has 6 atom stereocenters. The lowest BCUT2D eigenvalue weighted by atomic mass is 9.90. The van der Waals surface area contributed by atoms with Gasteiger partial charge < -0.3 is 45.0 Å². The van der Waals surface area contributed by atoms with Crippen molar-refractivity contribution in [3.05, 3.63) is 89.5 Å². The topological polar surface area (TPSA) is 203 Å². The summed E-state index contributed by atoms with van der Waals surface area (Å²) in [6.07, 6.45) is 2.22. The summed E-state index contributed by atoms with van der Waals surface area (Å²) in [7, 11) is 2.74. The van der Waals surface area contributed by atoms with Crippen LogP contribution in [0.2, 0.25) is 0 Å². The number of carboxylic acid groups (broad SMARTS) is 1. The van der Waals surface area contributed by atoms with Crippen LogP contribution in [0.1, 0.15) is 95.2 Å². The van der Waals surface area contributed by atoms with Crippen molar-refractivity contribution in [2.24, 2.45) is 10.8 Å². The van der Waals surface area contributed by atoms with Crippen LogP contribution in [0.25, 0.3) is 0 Å². The molecular weight excluding hydrogens is 794 g/mol. The number of carbonyl (C=O) groups is 5. The monoisotopic (exact) mass is 853 g/mol. The number of nitrogens with zero attached hydrogens (tertiary/aromatic N) is 2. The van der Waals surface area contributed by atoms with E-state index in [0.717, 1.165) is 29.7 Å². The summed E-state index contributed by atoms with van der Waals surface area (Å²) in [6.45, 7) is 12.7. The largest absolute Gasteiger partial charge is 0.508 e. The molecule has 3 heterocycles. The fourth-order valence-electron chi connectivity index (χ4n) is 7.92. The molecule has 3 saturated heterocycles. The minimum atomic E-state index is -0.983. The average Bonchev–Trinajstić information content (AvgIpc) is 3.97. The number of likely N-dealkylation sites (tertiary alicyclic amines) is 2. The van der Waals surface area contributed by atoms with E-state index in [-0.39, 0.29) is 71.2 Å². The molecular formula is C45H60ClN3O11. The zero-order valence-electron chi connectivity index (χ0n) is 35.6. The van der Waals surface area contributed by atoms with Crippen LogP contribution in [-0.2, 0) is 33.4 Å². The van der Waals surface area contributed by atoms with Crippen molar-refractivity contribution < 1.29 is 53.9 Å². The Morgan fingerprint density at radius 2 is 0.917 bits per heavy atom. The van der Waals surface area contributed by atoms with Crippen molar-refractivity contribution in [1.29, 1.82) is 0 Å². The first kappa shape index (κ1) is 49.0. The molecule has 328 valence electrons. The first-order chi connectivity index (χ1) is 27.7. The number of hydrogen-bond donors (Lipinski definition) is 5. The van der Waals surface area contributed by atoms with Gasteiger partial charge in [-0.15, -0.1) is 12.4 Å². The van der Waals surface area contributed by atoms with Gasteiger partial charge in [0.1, 0.15) is 35.4 Å². The van der Waals surface area contributed by atoms with E-state index in [2.05, 4.69) is 5.32 Å². The SMILES string of the molecule is CC(C)(C)C(=O)N1CCC(c2ccc(O)cc2)C1C(=O)O.COC(=O)C1C(c2ccc(O)cc2)CCN1C(=O)C(C)(C)C.COC(=O)C1NCCC1c1ccc(O)cc1.Cl. The summed E-state index contributed by atoms with van der Waals surface area (Å²) in [5.41, 5.74) is 1.67. The molecule has 6 unspecified atom stereocenters. The number of halogens is 1. The third-order valence-corrected chi connectivity index (χ3v) is 10.9. The van der Waals surface area contributed by atoms with Crippen LogP contribution in [-0.4, -0.2) is 112 Å². The third-order valence-electron chi connectivity index (χ3n) is 10.9. The number of benzene rings is 3. The van der Waals surface area contributed by atoms with Gasteiger partial charge in [0.25, 0.3) is 0 Å². The van der Waals surface area contributed by atoms with Gasteiger partial charge in [0.2, 0.25) is 11.8 Å². The van der Waals surface area contributed by atoms with E-state index in [9.17, 15) is 44.4 Å². The number of methoxy groups -OCH3 is 2. The van der Waals surface area contributed by atoms with Crippen LogP contribution in [0.5, 0.6) is 17.2 Å². The average molecular weight is 854 g/mol. The Morgan fingerprint density at radius 3 is 1.27 bits per heavy atom. The number of esters is 2. The van der Waals surface area contributed by atoms with Crippen LogP contribution in [0.3, 0.4) is 0 Å².